The number of amides is 1. The van der Waals surface area contributed by atoms with Crippen LogP contribution < -0.4 is 10.2 Å². The van der Waals surface area contributed by atoms with Gasteiger partial charge in [0.2, 0.25) is 21.9 Å². The third-order valence-corrected chi connectivity index (χ3v) is 7.12. The Balaban J connectivity index is 1.43. The normalized spacial score (nSPS) is 15.2. The molecule has 3 heterocycles. The molecule has 0 spiro atoms. The molecular formula is C22H24N6O4S. The van der Waals surface area contributed by atoms with Crippen LogP contribution in [0.1, 0.15) is 23.9 Å². The summed E-state index contributed by atoms with van der Waals surface area (Å²) in [5.41, 5.74) is 1.87. The number of aromatic nitrogens is 3. The zero-order valence-corrected chi connectivity index (χ0v) is 19.1. The van der Waals surface area contributed by atoms with Crippen molar-refractivity contribution in [1.82, 2.24) is 19.4 Å². The average molecular weight is 469 g/mol. The summed E-state index contributed by atoms with van der Waals surface area (Å²) in [5, 5.41) is 6.56. The van der Waals surface area contributed by atoms with E-state index in [1.807, 2.05) is 4.90 Å². The maximum absolute atomic E-state index is 13.1. The topological polar surface area (TPSA) is 122 Å². The summed E-state index contributed by atoms with van der Waals surface area (Å²) in [4.78, 5) is 22.0. The van der Waals surface area contributed by atoms with Gasteiger partial charge < -0.3 is 14.7 Å². The molecule has 2 aromatic heterocycles. The number of piperazine rings is 1. The fourth-order valence-corrected chi connectivity index (χ4v) is 4.91. The predicted molar refractivity (Wildman–Crippen MR) is 124 cm³/mol. The van der Waals surface area contributed by atoms with Crippen LogP contribution in [0.4, 0.5) is 11.6 Å². The molecule has 1 N–H and O–H groups in total. The van der Waals surface area contributed by atoms with Crippen molar-refractivity contribution in [2.45, 2.75) is 18.7 Å². The van der Waals surface area contributed by atoms with Crippen LogP contribution >= 0.6 is 0 Å². The van der Waals surface area contributed by atoms with E-state index in [1.54, 1.807) is 61.8 Å². The van der Waals surface area contributed by atoms with Gasteiger partial charge in [-0.05, 0) is 36.8 Å². The van der Waals surface area contributed by atoms with Crippen LogP contribution in [0.25, 0.3) is 12.2 Å². The number of carbonyl (C=O) groups excluding carboxylic acids is 1. The van der Waals surface area contributed by atoms with E-state index in [1.165, 1.54) is 11.2 Å². The first-order valence-corrected chi connectivity index (χ1v) is 11.8. The highest BCUT2D eigenvalue weighted by molar-refractivity contribution is 7.89. The second-order valence-corrected chi connectivity index (χ2v) is 9.47. The van der Waals surface area contributed by atoms with Gasteiger partial charge in [-0.15, -0.1) is 0 Å². The number of sulfonamides is 1. The Hall–Kier alpha value is -3.57. The Kier molecular flexibility index (Phi) is 6.52. The zero-order chi connectivity index (χ0) is 23.4. The SMILES string of the molecule is CC(=O)Nc1c(C)noc1/C=C\c1ccc(S(=O)(=O)N2CCN(c3ncccn3)CC2)cc1. The van der Waals surface area contributed by atoms with Gasteiger partial charge in [0.05, 0.1) is 4.90 Å². The van der Waals surface area contributed by atoms with Crippen LogP contribution in [0, 0.1) is 6.92 Å². The number of hydrogen-bond acceptors (Lipinski definition) is 8. The fraction of sp³-hybridized carbons (Fsp3) is 0.273. The minimum atomic E-state index is -3.60. The van der Waals surface area contributed by atoms with Crippen molar-refractivity contribution in [2.24, 2.45) is 0 Å². The second-order valence-electron chi connectivity index (χ2n) is 7.53. The first-order valence-electron chi connectivity index (χ1n) is 10.4. The molecule has 0 unspecified atom stereocenters. The lowest BCUT2D eigenvalue weighted by atomic mass is 10.2. The van der Waals surface area contributed by atoms with E-state index in [9.17, 15) is 13.2 Å². The lowest BCUT2D eigenvalue weighted by Gasteiger charge is -2.33. The van der Waals surface area contributed by atoms with Gasteiger partial charge in [0.15, 0.2) is 5.76 Å². The smallest absolute Gasteiger partial charge is 0.243 e. The Labute approximate surface area is 192 Å². The number of nitrogens with one attached hydrogen (secondary N) is 1. The predicted octanol–water partition coefficient (Wildman–Crippen LogP) is 2.41. The number of aryl methyl sites for hydroxylation is 1. The van der Waals surface area contributed by atoms with Crippen molar-refractivity contribution in [3.05, 3.63) is 59.7 Å². The van der Waals surface area contributed by atoms with Crippen LogP contribution in [0.2, 0.25) is 0 Å². The molecule has 0 aliphatic carbocycles. The van der Waals surface area contributed by atoms with E-state index in [0.29, 0.717) is 49.3 Å². The third kappa shape index (κ3) is 5.10. The highest BCUT2D eigenvalue weighted by Gasteiger charge is 2.29. The first-order chi connectivity index (χ1) is 15.8. The van der Waals surface area contributed by atoms with Gasteiger partial charge in [-0.1, -0.05) is 23.4 Å². The monoisotopic (exact) mass is 468 g/mol. The molecule has 4 rings (SSSR count). The Bertz CT molecular complexity index is 1250. The van der Waals surface area contributed by atoms with Gasteiger partial charge in [0.1, 0.15) is 11.4 Å². The molecule has 11 heteroatoms. The van der Waals surface area contributed by atoms with E-state index >= 15 is 0 Å². The van der Waals surface area contributed by atoms with Gasteiger partial charge in [-0.25, -0.2) is 18.4 Å². The van der Waals surface area contributed by atoms with E-state index in [4.69, 9.17) is 4.52 Å². The summed E-state index contributed by atoms with van der Waals surface area (Å²) in [6, 6.07) is 8.36. The lowest BCUT2D eigenvalue weighted by Crippen LogP contribution is -2.49. The first kappa shape index (κ1) is 22.6. The number of hydrogen-bond donors (Lipinski definition) is 1. The van der Waals surface area contributed by atoms with Crippen LogP contribution in [-0.2, 0) is 14.8 Å². The summed E-state index contributed by atoms with van der Waals surface area (Å²) in [6.45, 7) is 4.92. The van der Waals surface area contributed by atoms with E-state index in [2.05, 4.69) is 20.4 Å². The van der Waals surface area contributed by atoms with Gasteiger partial charge >= 0.3 is 0 Å². The summed E-state index contributed by atoms with van der Waals surface area (Å²) in [5.74, 6) is 0.802. The fourth-order valence-electron chi connectivity index (χ4n) is 3.48. The van der Waals surface area contributed by atoms with Crippen molar-refractivity contribution >= 4 is 39.7 Å². The molecule has 1 amide bonds. The van der Waals surface area contributed by atoms with E-state index < -0.39 is 10.0 Å². The minimum Gasteiger partial charge on any atom is -0.354 e. The minimum absolute atomic E-state index is 0.220. The largest absolute Gasteiger partial charge is 0.354 e. The van der Waals surface area contributed by atoms with Crippen molar-refractivity contribution in [2.75, 3.05) is 36.4 Å². The third-order valence-electron chi connectivity index (χ3n) is 5.21. The second kappa shape index (κ2) is 9.51. The molecule has 172 valence electrons. The van der Waals surface area contributed by atoms with Gasteiger partial charge in [-0.3, -0.25) is 4.79 Å². The van der Waals surface area contributed by atoms with Gasteiger partial charge in [0.25, 0.3) is 0 Å². The number of nitrogens with zero attached hydrogens (tertiary/aromatic N) is 5. The number of rotatable bonds is 6. The van der Waals surface area contributed by atoms with Gasteiger partial charge in [0, 0.05) is 45.5 Å². The molecule has 0 saturated carbocycles. The highest BCUT2D eigenvalue weighted by Crippen LogP contribution is 2.24. The summed E-state index contributed by atoms with van der Waals surface area (Å²) >= 11 is 0. The molecule has 1 aliphatic rings. The van der Waals surface area contributed by atoms with E-state index in [0.717, 1.165) is 5.56 Å². The maximum Gasteiger partial charge on any atom is 0.243 e. The summed E-state index contributed by atoms with van der Waals surface area (Å²) in [7, 11) is -3.60. The van der Waals surface area contributed by atoms with E-state index in [-0.39, 0.29) is 10.8 Å². The van der Waals surface area contributed by atoms with Crippen LogP contribution in [-0.4, -0.2) is 59.9 Å². The number of benzene rings is 1. The van der Waals surface area contributed by atoms with Crippen molar-refractivity contribution in [1.29, 1.82) is 0 Å². The quantitative estimate of drug-likeness (QED) is 0.585. The van der Waals surface area contributed by atoms with Crippen LogP contribution in [0.15, 0.2) is 52.1 Å². The van der Waals surface area contributed by atoms with Crippen molar-refractivity contribution in [3.8, 4) is 0 Å². The molecule has 0 bridgehead atoms. The molecule has 0 radical (unpaired) electrons. The summed E-state index contributed by atoms with van der Waals surface area (Å²) in [6.07, 6.45) is 6.79. The molecule has 10 nitrogen and oxygen atoms in total. The number of anilines is 2. The molecular weight excluding hydrogens is 444 g/mol. The maximum atomic E-state index is 13.1. The Morgan fingerprint density at radius 3 is 2.36 bits per heavy atom. The highest BCUT2D eigenvalue weighted by atomic mass is 32.2. The summed E-state index contributed by atoms with van der Waals surface area (Å²) < 4.78 is 32.9. The molecule has 1 aliphatic heterocycles. The average Bonchev–Trinajstić information content (AvgIpc) is 3.17. The molecule has 1 saturated heterocycles. The zero-order valence-electron chi connectivity index (χ0n) is 18.3. The molecule has 0 atom stereocenters. The molecule has 3 aromatic rings. The van der Waals surface area contributed by atoms with Gasteiger partial charge in [-0.2, -0.15) is 4.31 Å². The Morgan fingerprint density at radius 2 is 1.73 bits per heavy atom. The number of carbonyl (C=O) groups is 1. The lowest BCUT2D eigenvalue weighted by molar-refractivity contribution is -0.114. The molecule has 33 heavy (non-hydrogen) atoms. The Morgan fingerprint density at radius 1 is 1.06 bits per heavy atom. The van der Waals surface area contributed by atoms with Crippen LogP contribution in [0.3, 0.4) is 0 Å². The van der Waals surface area contributed by atoms with Crippen molar-refractivity contribution < 1.29 is 17.7 Å². The van der Waals surface area contributed by atoms with Crippen LogP contribution in [0.5, 0.6) is 0 Å². The standard InChI is InChI=1S/C22H24N6O4S/c1-16-21(25-17(2)29)20(32-26-16)9-6-18-4-7-19(8-5-18)33(30,31)28-14-12-27(13-15-28)22-23-10-3-11-24-22/h3-11H,12-15H2,1-2H3,(H,25,29)/b9-6-. The molecule has 1 aromatic carbocycles. The molecule has 1 fully saturated rings. The van der Waals surface area contributed by atoms with Crippen molar-refractivity contribution in [3.63, 3.8) is 0 Å².